The molecule has 17 heavy (non-hydrogen) atoms. The molecule has 0 fully saturated rings. The predicted molar refractivity (Wildman–Crippen MR) is 65.6 cm³/mol. The van der Waals surface area contributed by atoms with Crippen molar-refractivity contribution >= 4 is 0 Å². The van der Waals surface area contributed by atoms with Crippen molar-refractivity contribution in [3.8, 4) is 17.0 Å². The highest BCUT2D eigenvalue weighted by Crippen LogP contribution is 2.22. The van der Waals surface area contributed by atoms with E-state index in [1.807, 2.05) is 30.3 Å². The number of rotatable bonds is 5. The molecule has 2 rings (SSSR count). The Balaban J connectivity index is 2.11. The minimum atomic E-state index is 0.366. The number of benzene rings is 1. The van der Waals surface area contributed by atoms with Crippen LogP contribution in [-0.2, 0) is 6.54 Å². The van der Waals surface area contributed by atoms with Crippen molar-refractivity contribution in [2.24, 2.45) is 5.73 Å². The monoisotopic (exact) mass is 232 g/mol. The van der Waals surface area contributed by atoms with Gasteiger partial charge < -0.3 is 15.0 Å². The fraction of sp³-hybridized carbons (Fsp3) is 0.308. The summed E-state index contributed by atoms with van der Waals surface area (Å²) in [6, 6.07) is 9.64. The van der Waals surface area contributed by atoms with Crippen molar-refractivity contribution in [3.63, 3.8) is 0 Å². The lowest BCUT2D eigenvalue weighted by Gasteiger charge is -2.04. The fourth-order valence-corrected chi connectivity index (χ4v) is 1.49. The highest BCUT2D eigenvalue weighted by molar-refractivity contribution is 5.59. The molecule has 0 saturated heterocycles. The van der Waals surface area contributed by atoms with E-state index in [2.05, 4.69) is 12.1 Å². The molecule has 0 aliphatic rings. The molecule has 1 aromatic carbocycles. The number of nitrogens with zero attached hydrogens (tertiary/aromatic N) is 1. The molecule has 0 amide bonds. The molecule has 1 heterocycles. The molecule has 0 bridgehead atoms. The third-order valence-corrected chi connectivity index (χ3v) is 2.38. The van der Waals surface area contributed by atoms with Gasteiger partial charge in [-0.1, -0.05) is 12.1 Å². The lowest BCUT2D eigenvalue weighted by Crippen LogP contribution is -1.94. The Morgan fingerprint density at radius 3 is 2.65 bits per heavy atom. The van der Waals surface area contributed by atoms with Gasteiger partial charge in [-0.2, -0.15) is 0 Å². The molecule has 2 aromatic rings. The molecule has 0 saturated carbocycles. The van der Waals surface area contributed by atoms with Gasteiger partial charge in [-0.25, -0.2) is 0 Å². The van der Waals surface area contributed by atoms with Crippen molar-refractivity contribution in [1.82, 2.24) is 5.16 Å². The molecule has 4 heteroatoms. The topological polar surface area (TPSA) is 61.3 Å². The average molecular weight is 232 g/mol. The molecular weight excluding hydrogens is 216 g/mol. The smallest absolute Gasteiger partial charge is 0.150 e. The molecule has 4 nitrogen and oxygen atoms in total. The quantitative estimate of drug-likeness (QED) is 0.860. The minimum absolute atomic E-state index is 0.366. The van der Waals surface area contributed by atoms with E-state index >= 15 is 0 Å². The minimum Gasteiger partial charge on any atom is -0.494 e. The molecule has 0 spiro atoms. The van der Waals surface area contributed by atoms with Gasteiger partial charge in [0.05, 0.1) is 13.2 Å². The Bertz CT molecular complexity index is 463. The van der Waals surface area contributed by atoms with Gasteiger partial charge in [0, 0.05) is 11.6 Å². The van der Waals surface area contributed by atoms with E-state index in [-0.39, 0.29) is 0 Å². The summed E-state index contributed by atoms with van der Waals surface area (Å²) in [5, 5.41) is 3.95. The van der Waals surface area contributed by atoms with E-state index in [0.717, 1.165) is 30.0 Å². The molecule has 0 atom stereocenters. The molecule has 1 aromatic heterocycles. The van der Waals surface area contributed by atoms with Crippen molar-refractivity contribution in [3.05, 3.63) is 36.1 Å². The van der Waals surface area contributed by atoms with Gasteiger partial charge in [0.2, 0.25) is 0 Å². The number of hydrogen-bond acceptors (Lipinski definition) is 4. The Morgan fingerprint density at radius 2 is 2.06 bits per heavy atom. The van der Waals surface area contributed by atoms with E-state index in [4.69, 9.17) is 15.0 Å². The summed E-state index contributed by atoms with van der Waals surface area (Å²) in [5.74, 6) is 1.56. The Labute approximate surface area is 100 Å². The molecule has 0 aliphatic carbocycles. The second-order valence-electron chi connectivity index (χ2n) is 3.76. The highest BCUT2D eigenvalue weighted by atomic mass is 16.5. The first kappa shape index (κ1) is 11.7. The summed E-state index contributed by atoms with van der Waals surface area (Å²) in [4.78, 5) is 0. The van der Waals surface area contributed by atoms with Gasteiger partial charge in [0.15, 0.2) is 5.76 Å². The SMILES string of the molecule is CCCOc1ccc(-c2cc(CN)on2)cc1. The van der Waals surface area contributed by atoms with E-state index < -0.39 is 0 Å². The van der Waals surface area contributed by atoms with Crippen molar-refractivity contribution in [2.45, 2.75) is 19.9 Å². The van der Waals surface area contributed by atoms with E-state index in [1.54, 1.807) is 0 Å². The summed E-state index contributed by atoms with van der Waals surface area (Å²) in [6.45, 7) is 3.18. The van der Waals surface area contributed by atoms with Gasteiger partial charge in [-0.15, -0.1) is 0 Å². The molecule has 0 aliphatic heterocycles. The Hall–Kier alpha value is -1.81. The second kappa shape index (κ2) is 5.50. The lowest BCUT2D eigenvalue weighted by molar-refractivity contribution is 0.317. The summed E-state index contributed by atoms with van der Waals surface area (Å²) < 4.78 is 10.6. The number of aromatic nitrogens is 1. The normalized spacial score (nSPS) is 10.5. The summed E-state index contributed by atoms with van der Waals surface area (Å²) in [7, 11) is 0. The van der Waals surface area contributed by atoms with Gasteiger partial charge in [-0.05, 0) is 30.7 Å². The molecule has 0 unspecified atom stereocenters. The zero-order valence-electron chi connectivity index (χ0n) is 9.85. The van der Waals surface area contributed by atoms with Crippen LogP contribution in [0.15, 0.2) is 34.9 Å². The Kier molecular flexibility index (Phi) is 3.77. The zero-order chi connectivity index (χ0) is 12.1. The molecule has 2 N–H and O–H groups in total. The highest BCUT2D eigenvalue weighted by Gasteiger charge is 2.05. The first-order valence-corrected chi connectivity index (χ1v) is 5.72. The standard InChI is InChI=1S/C13H16N2O2/c1-2-7-16-11-5-3-10(4-6-11)13-8-12(9-14)17-15-13/h3-6,8H,2,7,9,14H2,1H3. The van der Waals surface area contributed by atoms with Crippen LogP contribution in [0.3, 0.4) is 0 Å². The van der Waals surface area contributed by atoms with Crippen molar-refractivity contribution in [1.29, 1.82) is 0 Å². The third kappa shape index (κ3) is 2.85. The molecule has 90 valence electrons. The maximum absolute atomic E-state index is 5.51. The van der Waals surface area contributed by atoms with Gasteiger partial charge >= 0.3 is 0 Å². The zero-order valence-corrected chi connectivity index (χ0v) is 9.85. The van der Waals surface area contributed by atoms with Crippen LogP contribution in [0.4, 0.5) is 0 Å². The predicted octanol–water partition coefficient (Wildman–Crippen LogP) is 2.59. The van der Waals surface area contributed by atoms with E-state index in [0.29, 0.717) is 12.3 Å². The molecular formula is C13H16N2O2. The number of nitrogens with two attached hydrogens (primary N) is 1. The van der Waals surface area contributed by atoms with Gasteiger partial charge in [0.1, 0.15) is 11.4 Å². The van der Waals surface area contributed by atoms with Crippen LogP contribution < -0.4 is 10.5 Å². The van der Waals surface area contributed by atoms with E-state index in [1.165, 1.54) is 0 Å². The first-order valence-electron chi connectivity index (χ1n) is 5.72. The van der Waals surface area contributed by atoms with Gasteiger partial charge in [-0.3, -0.25) is 0 Å². The van der Waals surface area contributed by atoms with Gasteiger partial charge in [0.25, 0.3) is 0 Å². The second-order valence-corrected chi connectivity index (χ2v) is 3.76. The largest absolute Gasteiger partial charge is 0.494 e. The lowest BCUT2D eigenvalue weighted by atomic mass is 10.1. The fourth-order valence-electron chi connectivity index (χ4n) is 1.49. The van der Waals surface area contributed by atoms with Crippen molar-refractivity contribution < 1.29 is 9.26 Å². The van der Waals surface area contributed by atoms with Crippen LogP contribution >= 0.6 is 0 Å². The summed E-state index contributed by atoms with van der Waals surface area (Å²) in [5.41, 5.74) is 7.26. The maximum atomic E-state index is 5.51. The maximum Gasteiger partial charge on any atom is 0.150 e. The van der Waals surface area contributed by atoms with E-state index in [9.17, 15) is 0 Å². The molecule has 0 radical (unpaired) electrons. The first-order chi connectivity index (χ1) is 8.33. The van der Waals surface area contributed by atoms with Crippen LogP contribution in [-0.4, -0.2) is 11.8 Å². The summed E-state index contributed by atoms with van der Waals surface area (Å²) in [6.07, 6.45) is 1.00. The average Bonchev–Trinajstić information content (AvgIpc) is 2.86. The van der Waals surface area contributed by atoms with Crippen LogP contribution in [0.25, 0.3) is 11.3 Å². The van der Waals surface area contributed by atoms with Crippen LogP contribution in [0.5, 0.6) is 5.75 Å². The third-order valence-electron chi connectivity index (χ3n) is 2.38. The van der Waals surface area contributed by atoms with Crippen molar-refractivity contribution in [2.75, 3.05) is 6.61 Å². The summed E-state index contributed by atoms with van der Waals surface area (Å²) >= 11 is 0. The number of hydrogen-bond donors (Lipinski definition) is 1. The number of ether oxygens (including phenoxy) is 1. The van der Waals surface area contributed by atoms with Crippen LogP contribution in [0.2, 0.25) is 0 Å². The van der Waals surface area contributed by atoms with Crippen LogP contribution in [0.1, 0.15) is 19.1 Å². The van der Waals surface area contributed by atoms with Crippen LogP contribution in [0, 0.1) is 0 Å². The Morgan fingerprint density at radius 1 is 1.29 bits per heavy atom.